The van der Waals surface area contributed by atoms with E-state index in [9.17, 15) is 19.2 Å². The zero-order chi connectivity index (χ0) is 45.8. The van der Waals surface area contributed by atoms with Crippen molar-refractivity contribution in [1.82, 2.24) is 5.32 Å². The Labute approximate surface area is 383 Å². The van der Waals surface area contributed by atoms with Crippen LogP contribution in [0, 0.1) is 0 Å². The average molecular weight is 882 g/mol. The zero-order valence-corrected chi connectivity index (χ0v) is 40.6. The molecule has 2 rings (SSSR count). The van der Waals surface area contributed by atoms with E-state index in [0.717, 1.165) is 31.2 Å². The SMILES string of the molecule is CCCCCCCCCCCCCCCOC(=O)CCCOC(=O)C1=C(C)NC(C)=C(C(=O)OCCCC(=O)OCCCCCCCCCCCCCCC)C1c1ccc[n+](C)c1. The molecule has 0 amide bonds. The van der Waals surface area contributed by atoms with Crippen LogP contribution in [0.2, 0.25) is 0 Å². The van der Waals surface area contributed by atoms with Crippen molar-refractivity contribution in [2.75, 3.05) is 26.4 Å². The number of unbranched alkanes of at least 4 members (excludes halogenated alkanes) is 24. The highest BCUT2D eigenvalue weighted by atomic mass is 16.5. The van der Waals surface area contributed by atoms with E-state index in [4.69, 9.17) is 18.9 Å². The first kappa shape index (κ1) is 55.4. The summed E-state index contributed by atoms with van der Waals surface area (Å²) in [5.74, 6) is -2.46. The maximum atomic E-state index is 13.7. The predicted molar refractivity (Wildman–Crippen MR) is 253 cm³/mol. The molecule has 0 aliphatic carbocycles. The van der Waals surface area contributed by atoms with Gasteiger partial charge in [-0.2, -0.15) is 0 Å². The van der Waals surface area contributed by atoms with Crippen LogP contribution in [-0.4, -0.2) is 50.3 Å². The molecule has 0 aromatic carbocycles. The van der Waals surface area contributed by atoms with E-state index in [1.165, 1.54) is 141 Å². The molecule has 10 nitrogen and oxygen atoms in total. The summed E-state index contributed by atoms with van der Waals surface area (Å²) in [7, 11) is 1.88. The molecule has 0 saturated carbocycles. The molecule has 1 aliphatic heterocycles. The molecule has 10 heteroatoms. The van der Waals surface area contributed by atoms with Crippen LogP contribution in [-0.2, 0) is 45.2 Å². The number of allylic oxidation sites excluding steroid dienone is 2. The van der Waals surface area contributed by atoms with Gasteiger partial charge in [-0.05, 0) is 45.6 Å². The highest BCUT2D eigenvalue weighted by molar-refractivity contribution is 5.99. The Hall–Kier alpha value is -3.69. The van der Waals surface area contributed by atoms with Gasteiger partial charge < -0.3 is 24.3 Å². The quantitative estimate of drug-likeness (QED) is 0.0298. The standard InChI is InChI=1S/C53H88N2O8/c1-6-8-10-12-14-16-18-20-22-24-26-28-30-39-60-47(56)36-33-41-62-52(58)49-44(3)54-45(4)50(51(49)46-35-32-38-55(5)43-46)53(59)63-42-34-37-48(57)61-40-31-29-27-25-23-21-19-17-15-13-11-9-7-2/h32,35,38,43,51H,6-31,33-34,36-37,39-42H2,1-5H3/p+1. The lowest BCUT2D eigenvalue weighted by molar-refractivity contribution is -0.671. The van der Waals surface area contributed by atoms with E-state index in [2.05, 4.69) is 19.2 Å². The van der Waals surface area contributed by atoms with Crippen molar-refractivity contribution < 1.29 is 42.7 Å². The Morgan fingerprint density at radius 3 is 1.17 bits per heavy atom. The van der Waals surface area contributed by atoms with Gasteiger partial charge in [0.2, 0.25) is 0 Å². The van der Waals surface area contributed by atoms with Crippen molar-refractivity contribution in [2.24, 2.45) is 7.05 Å². The second kappa shape index (κ2) is 36.6. The predicted octanol–water partition coefficient (Wildman–Crippen LogP) is 12.7. The van der Waals surface area contributed by atoms with Gasteiger partial charge in [-0.1, -0.05) is 168 Å². The minimum Gasteiger partial charge on any atom is -0.466 e. The summed E-state index contributed by atoms with van der Waals surface area (Å²) in [4.78, 5) is 52.3. The lowest BCUT2D eigenvalue weighted by Crippen LogP contribution is -2.34. The third-order valence-electron chi connectivity index (χ3n) is 12.0. The molecular weight excluding hydrogens is 793 g/mol. The van der Waals surface area contributed by atoms with Crippen LogP contribution < -0.4 is 9.88 Å². The topological polar surface area (TPSA) is 121 Å². The Morgan fingerprint density at radius 1 is 0.492 bits per heavy atom. The summed E-state index contributed by atoms with van der Waals surface area (Å²) in [5, 5.41) is 3.20. The average Bonchev–Trinajstić information content (AvgIpc) is 3.26. The fourth-order valence-electron chi connectivity index (χ4n) is 8.32. The molecule has 0 atom stereocenters. The van der Waals surface area contributed by atoms with Crippen molar-refractivity contribution >= 4 is 23.9 Å². The van der Waals surface area contributed by atoms with Crippen LogP contribution in [0.25, 0.3) is 0 Å². The first-order chi connectivity index (χ1) is 30.7. The zero-order valence-electron chi connectivity index (χ0n) is 40.6. The van der Waals surface area contributed by atoms with Crippen LogP contribution in [0.3, 0.4) is 0 Å². The van der Waals surface area contributed by atoms with Crippen LogP contribution in [0.1, 0.15) is 232 Å². The summed E-state index contributed by atoms with van der Waals surface area (Å²) < 4.78 is 24.2. The molecule has 358 valence electrons. The van der Waals surface area contributed by atoms with Crippen molar-refractivity contribution in [3.05, 3.63) is 52.6 Å². The number of carbonyl (C=O) groups excluding carboxylic acids is 4. The van der Waals surface area contributed by atoms with Crippen molar-refractivity contribution in [3.8, 4) is 0 Å². The molecule has 1 N–H and O–H groups in total. The summed E-state index contributed by atoms with van der Waals surface area (Å²) in [6.45, 7) is 9.00. The van der Waals surface area contributed by atoms with Crippen LogP contribution in [0.4, 0.5) is 0 Å². The molecule has 1 aliphatic rings. The fourth-order valence-corrected chi connectivity index (χ4v) is 8.32. The number of esters is 4. The van der Waals surface area contributed by atoms with Crippen molar-refractivity contribution in [2.45, 2.75) is 226 Å². The molecular formula is C53H89N2O8+. The van der Waals surface area contributed by atoms with Gasteiger partial charge in [0.1, 0.15) is 7.05 Å². The number of hydrogen-bond acceptors (Lipinski definition) is 9. The van der Waals surface area contributed by atoms with Crippen LogP contribution >= 0.6 is 0 Å². The molecule has 0 bridgehead atoms. The highest BCUT2D eigenvalue weighted by Crippen LogP contribution is 2.39. The van der Waals surface area contributed by atoms with Crippen LogP contribution in [0.15, 0.2) is 47.1 Å². The van der Waals surface area contributed by atoms with Crippen molar-refractivity contribution in [3.63, 3.8) is 0 Å². The number of ether oxygens (including phenoxy) is 4. The summed E-state index contributed by atoms with van der Waals surface area (Å²) in [6.07, 6.45) is 37.6. The van der Waals surface area contributed by atoms with E-state index < -0.39 is 17.9 Å². The van der Waals surface area contributed by atoms with Gasteiger partial charge in [-0.25, -0.2) is 14.2 Å². The second-order valence-electron chi connectivity index (χ2n) is 17.8. The normalized spacial score (nSPS) is 13.0. The number of dihydropyridines is 1. The van der Waals surface area contributed by atoms with E-state index in [1.54, 1.807) is 13.8 Å². The number of rotatable bonds is 39. The monoisotopic (exact) mass is 882 g/mol. The molecule has 0 radical (unpaired) electrons. The molecule has 0 fully saturated rings. The molecule has 0 spiro atoms. The first-order valence-corrected chi connectivity index (χ1v) is 25.5. The van der Waals surface area contributed by atoms with Gasteiger partial charge in [0, 0.05) is 35.9 Å². The van der Waals surface area contributed by atoms with Gasteiger partial charge in [0.25, 0.3) is 0 Å². The summed E-state index contributed by atoms with van der Waals surface area (Å²) in [6, 6.07) is 3.74. The highest BCUT2D eigenvalue weighted by Gasteiger charge is 2.39. The van der Waals surface area contributed by atoms with E-state index in [-0.39, 0.29) is 38.0 Å². The third kappa shape index (κ3) is 26.0. The fraction of sp³-hybridized carbons (Fsp3) is 0.755. The largest absolute Gasteiger partial charge is 0.466 e. The molecule has 0 saturated heterocycles. The lowest BCUT2D eigenvalue weighted by atomic mass is 9.81. The number of nitrogens with zero attached hydrogens (tertiary/aromatic N) is 1. The number of carbonyl (C=O) groups is 4. The van der Waals surface area contributed by atoms with Crippen LogP contribution in [0.5, 0.6) is 0 Å². The molecule has 1 aromatic rings. The van der Waals surface area contributed by atoms with Gasteiger partial charge >= 0.3 is 23.9 Å². The minimum atomic E-state index is -0.741. The lowest BCUT2D eigenvalue weighted by Gasteiger charge is -2.30. The summed E-state index contributed by atoms with van der Waals surface area (Å²) in [5.41, 5.74) is 2.50. The number of nitrogens with one attached hydrogen (secondary N) is 1. The molecule has 63 heavy (non-hydrogen) atoms. The van der Waals surface area contributed by atoms with E-state index in [1.807, 2.05) is 36.1 Å². The maximum Gasteiger partial charge on any atom is 0.336 e. The smallest absolute Gasteiger partial charge is 0.336 e. The van der Waals surface area contributed by atoms with E-state index in [0.29, 0.717) is 48.6 Å². The van der Waals surface area contributed by atoms with Gasteiger partial charge in [0.15, 0.2) is 12.4 Å². The van der Waals surface area contributed by atoms with Crippen molar-refractivity contribution in [1.29, 1.82) is 0 Å². The number of aromatic nitrogens is 1. The molecule has 0 unspecified atom stereocenters. The Bertz CT molecular complexity index is 1400. The number of pyridine rings is 1. The number of hydrogen-bond donors (Lipinski definition) is 1. The van der Waals surface area contributed by atoms with Gasteiger partial charge in [-0.3, -0.25) is 9.59 Å². The molecule has 1 aromatic heterocycles. The number of aryl methyl sites for hydroxylation is 1. The third-order valence-corrected chi connectivity index (χ3v) is 12.0. The first-order valence-electron chi connectivity index (χ1n) is 25.5. The van der Waals surface area contributed by atoms with Gasteiger partial charge in [-0.15, -0.1) is 0 Å². The Balaban J connectivity index is 1.70. The molecule has 2 heterocycles. The Morgan fingerprint density at radius 2 is 0.825 bits per heavy atom. The van der Waals surface area contributed by atoms with E-state index >= 15 is 0 Å². The maximum absolute atomic E-state index is 13.7. The second-order valence-corrected chi connectivity index (χ2v) is 17.8. The summed E-state index contributed by atoms with van der Waals surface area (Å²) >= 11 is 0. The Kier molecular flexibility index (Phi) is 32.2. The van der Waals surface area contributed by atoms with Gasteiger partial charge in [0.05, 0.1) is 43.5 Å². The minimum absolute atomic E-state index is 0.0384.